The fraction of sp³-hybridized carbons (Fsp3) is 0.650. The molecule has 35 heavy (non-hydrogen) atoms. The summed E-state index contributed by atoms with van der Waals surface area (Å²) in [4.78, 5) is 17.3. The van der Waals surface area contributed by atoms with E-state index in [-0.39, 0.29) is 65.0 Å². The van der Waals surface area contributed by atoms with Gasteiger partial charge in [-0.05, 0) is 51.2 Å². The largest absolute Gasteiger partial charge is 1.00 e. The first-order valence-electron chi connectivity index (χ1n) is 10.3. The zero-order valence-electron chi connectivity index (χ0n) is 21.2. The van der Waals surface area contributed by atoms with Gasteiger partial charge in [-0.2, -0.15) is 0 Å². The minimum absolute atomic E-state index is 0. The first-order chi connectivity index (χ1) is 15.0. The molecule has 4 rings (SSSR count). The van der Waals surface area contributed by atoms with Crippen molar-refractivity contribution in [2.75, 3.05) is 6.61 Å². The Bertz CT molecular complexity index is 827. The molecule has 3 fully saturated rings. The Morgan fingerprint density at radius 2 is 1.46 bits per heavy atom. The van der Waals surface area contributed by atoms with E-state index in [1.807, 2.05) is 38.1 Å². The predicted molar refractivity (Wildman–Crippen MR) is 118 cm³/mol. The minimum atomic E-state index is -4.62. The van der Waals surface area contributed by atoms with Crippen LogP contribution in [-0.2, 0) is 28.4 Å². The molecule has 1 aromatic rings. The molecule has 2 N–H and O–H groups in total. The van der Waals surface area contributed by atoms with Crippen molar-refractivity contribution in [3.63, 3.8) is 0 Å². The molecule has 1 aromatic carbocycles. The SMILES string of the molecule is C1CC2CCC1O2.CC1(C)CON(Cc2ccccc2Cl)C1=O.C[As](=O)(O)O.C[As](=O)([O-])[O-].[Na+].[Na+]. The van der Waals surface area contributed by atoms with Crippen LogP contribution in [0.5, 0.6) is 0 Å². The summed E-state index contributed by atoms with van der Waals surface area (Å²) in [6, 6.07) is 7.46. The van der Waals surface area contributed by atoms with E-state index in [9.17, 15) is 8.53 Å². The maximum Gasteiger partial charge on any atom is 1.00 e. The summed E-state index contributed by atoms with van der Waals surface area (Å²) >= 11 is -2.72. The Morgan fingerprint density at radius 1 is 1.06 bits per heavy atom. The second-order valence-corrected chi connectivity index (χ2v) is 15.9. The van der Waals surface area contributed by atoms with Crippen molar-refractivity contribution in [3.8, 4) is 0 Å². The molecule has 0 spiro atoms. The van der Waals surface area contributed by atoms with Crippen LogP contribution in [0.25, 0.3) is 0 Å². The Labute approximate surface area is 262 Å². The third kappa shape index (κ3) is 18.4. The van der Waals surface area contributed by atoms with Gasteiger partial charge in [-0.1, -0.05) is 29.8 Å². The smallest absolute Gasteiger partial charge is 1.00 e. The van der Waals surface area contributed by atoms with Crippen LogP contribution in [0.4, 0.5) is 0 Å². The number of fused-ring (bicyclic) bond motifs is 2. The van der Waals surface area contributed by atoms with Crippen molar-refractivity contribution < 1.29 is 97.3 Å². The van der Waals surface area contributed by atoms with Crippen LogP contribution in [-0.4, -0.2) is 66.3 Å². The molecule has 190 valence electrons. The first kappa shape index (κ1) is 38.6. The van der Waals surface area contributed by atoms with Gasteiger partial charge >= 0.3 is 123 Å². The average Bonchev–Trinajstić information content (AvgIpc) is 3.35. The molecule has 0 atom stereocenters. The molecule has 15 heteroatoms. The summed E-state index contributed by atoms with van der Waals surface area (Å²) in [5.41, 5.74) is 2.08. The second-order valence-electron chi connectivity index (χ2n) is 8.73. The number of rotatable bonds is 2. The Kier molecular flexibility index (Phi) is 19.0. The van der Waals surface area contributed by atoms with Crippen LogP contribution in [0.1, 0.15) is 45.1 Å². The van der Waals surface area contributed by atoms with Crippen LogP contribution in [0, 0.1) is 5.41 Å². The van der Waals surface area contributed by atoms with E-state index >= 15 is 0 Å². The van der Waals surface area contributed by atoms with Crippen molar-refractivity contribution >= 4 is 45.9 Å². The number of hydrogen-bond donors (Lipinski definition) is 2. The number of ether oxygens (including phenoxy) is 1. The molecule has 10 nitrogen and oxygen atoms in total. The number of carbonyl (C=O) groups excluding carboxylic acids is 1. The number of hydroxylamine groups is 2. The fourth-order valence-corrected chi connectivity index (χ4v) is 3.37. The zero-order valence-corrected chi connectivity index (χ0v) is 29.7. The molecule has 1 amide bonds. The van der Waals surface area contributed by atoms with Crippen LogP contribution in [0.15, 0.2) is 24.3 Å². The number of benzene rings is 1. The van der Waals surface area contributed by atoms with E-state index in [0.717, 1.165) is 11.3 Å². The molecule has 3 heterocycles. The summed E-state index contributed by atoms with van der Waals surface area (Å²) in [7, 11) is 0. The van der Waals surface area contributed by atoms with Gasteiger partial charge < -0.3 is 4.74 Å². The van der Waals surface area contributed by atoms with Gasteiger partial charge in [-0.25, -0.2) is 5.06 Å². The third-order valence-electron chi connectivity index (χ3n) is 4.66. The molecule has 3 aliphatic heterocycles. The van der Waals surface area contributed by atoms with Gasteiger partial charge in [0.05, 0.1) is 30.8 Å². The minimum Gasteiger partial charge on any atom is 1.00 e. The van der Waals surface area contributed by atoms with Gasteiger partial charge in [0.15, 0.2) is 0 Å². The van der Waals surface area contributed by atoms with E-state index in [2.05, 4.69) is 0 Å². The van der Waals surface area contributed by atoms with Crippen LogP contribution in [0.2, 0.25) is 16.4 Å². The van der Waals surface area contributed by atoms with Gasteiger partial charge in [0.2, 0.25) is 0 Å². The third-order valence-corrected chi connectivity index (χ3v) is 5.03. The zero-order chi connectivity index (χ0) is 25.4. The predicted octanol–water partition coefficient (Wildman–Crippen LogP) is -5.35. The standard InChI is InChI=1S/C12H14ClNO2.C6H10O.2CH5AsO3.2Na/c1-12(2)8-16-14(11(12)15)7-9-5-3-4-6-10(9)13;1-2-6-4-3-5(1)7-6;2*1-2(3,4)5;;/h3-6H,7-8H2,1-2H3;5-6H,1-4H2;2*1H3,(H2,3,4,5);;/q;;;;2*+1/p-2. The molecular weight excluding hydrogens is 629 g/mol. The van der Waals surface area contributed by atoms with Crippen molar-refractivity contribution in [1.29, 1.82) is 0 Å². The molecule has 2 bridgehead atoms. The van der Waals surface area contributed by atoms with Gasteiger partial charge in [0.25, 0.3) is 5.91 Å². The molecule has 0 radical (unpaired) electrons. The summed E-state index contributed by atoms with van der Waals surface area (Å²) < 4.78 is 57.7. The molecule has 3 aliphatic rings. The van der Waals surface area contributed by atoms with Crippen molar-refractivity contribution in [2.45, 2.75) is 69.7 Å². The number of amides is 1. The molecular formula is C20H32As2ClNNa2O9. The normalized spacial score (nSPS) is 21.7. The molecule has 0 aromatic heterocycles. The van der Waals surface area contributed by atoms with Gasteiger partial charge in [-0.15, -0.1) is 0 Å². The summed E-state index contributed by atoms with van der Waals surface area (Å²) in [6.45, 7) is 4.59. The van der Waals surface area contributed by atoms with E-state index in [0.29, 0.717) is 36.1 Å². The molecule has 3 saturated heterocycles. The van der Waals surface area contributed by atoms with E-state index in [1.165, 1.54) is 30.7 Å². The number of halogens is 1. The van der Waals surface area contributed by atoms with Crippen LogP contribution < -0.4 is 67.3 Å². The van der Waals surface area contributed by atoms with Crippen LogP contribution in [0.3, 0.4) is 0 Å². The monoisotopic (exact) mass is 661 g/mol. The van der Waals surface area contributed by atoms with Gasteiger partial charge in [0.1, 0.15) is 0 Å². The van der Waals surface area contributed by atoms with E-state index < -0.39 is 33.8 Å². The summed E-state index contributed by atoms with van der Waals surface area (Å²) in [5, 5.41) is 2.05. The topological polar surface area (TPSA) is 159 Å². The Balaban J connectivity index is 0. The quantitative estimate of drug-likeness (QED) is 0.295. The van der Waals surface area contributed by atoms with E-state index in [4.69, 9.17) is 41.3 Å². The molecule has 0 aliphatic carbocycles. The van der Waals surface area contributed by atoms with Gasteiger partial charge in [0, 0.05) is 5.02 Å². The van der Waals surface area contributed by atoms with Crippen molar-refractivity contribution in [3.05, 3.63) is 34.9 Å². The number of hydrogen-bond acceptors (Lipinski definition) is 7. The maximum absolute atomic E-state index is 11.9. The first-order valence-corrected chi connectivity index (χ1v) is 19.2. The Hall–Kier alpha value is 1.46. The van der Waals surface area contributed by atoms with Crippen molar-refractivity contribution in [1.82, 2.24) is 5.06 Å². The molecule has 0 unspecified atom stereocenters. The van der Waals surface area contributed by atoms with Crippen LogP contribution >= 0.6 is 11.6 Å². The number of nitrogens with zero attached hydrogens (tertiary/aromatic N) is 1. The fourth-order valence-electron chi connectivity index (χ4n) is 3.17. The van der Waals surface area contributed by atoms with Gasteiger partial charge in [-0.3, -0.25) is 9.63 Å². The average molecular weight is 662 g/mol. The second kappa shape index (κ2) is 17.2. The maximum atomic E-state index is 11.9. The van der Waals surface area contributed by atoms with Crippen molar-refractivity contribution in [2.24, 2.45) is 5.41 Å². The number of carbonyl (C=O) groups is 1. The van der Waals surface area contributed by atoms with E-state index in [1.54, 1.807) is 0 Å². The Morgan fingerprint density at radius 3 is 1.74 bits per heavy atom. The summed E-state index contributed by atoms with van der Waals surface area (Å²) in [6.07, 6.45) is 6.69. The molecule has 0 saturated carbocycles. The summed E-state index contributed by atoms with van der Waals surface area (Å²) in [5.74, 6) is 0.00687.